The van der Waals surface area contributed by atoms with Gasteiger partial charge in [-0.25, -0.2) is 4.98 Å². The normalized spacial score (nSPS) is 19.3. The van der Waals surface area contributed by atoms with E-state index in [0.717, 1.165) is 30.8 Å². The number of hydrogen-bond acceptors (Lipinski definition) is 4. The lowest BCUT2D eigenvalue weighted by Gasteiger charge is -2.31. The molecule has 2 aromatic rings. The first-order chi connectivity index (χ1) is 9.63. The Labute approximate surface area is 127 Å². The minimum atomic E-state index is 0.182. The first-order valence-electron chi connectivity index (χ1n) is 6.90. The maximum absolute atomic E-state index is 12.5. The summed E-state index contributed by atoms with van der Waals surface area (Å²) in [4.78, 5) is 21.1. The molecule has 1 aliphatic rings. The van der Waals surface area contributed by atoms with Crippen LogP contribution in [0, 0.1) is 13.8 Å². The van der Waals surface area contributed by atoms with Gasteiger partial charge in [-0.15, -0.1) is 22.7 Å². The lowest BCUT2D eigenvalue weighted by Crippen LogP contribution is -2.38. The second-order valence-electron chi connectivity index (χ2n) is 5.39. The minimum Gasteiger partial charge on any atom is -0.337 e. The van der Waals surface area contributed by atoms with E-state index >= 15 is 0 Å². The zero-order valence-corrected chi connectivity index (χ0v) is 13.4. The van der Waals surface area contributed by atoms with Crippen molar-refractivity contribution in [3.8, 4) is 0 Å². The number of amides is 1. The smallest absolute Gasteiger partial charge is 0.263 e. The molecule has 0 saturated carbocycles. The van der Waals surface area contributed by atoms with Crippen molar-refractivity contribution in [3.05, 3.63) is 38.0 Å². The van der Waals surface area contributed by atoms with Crippen LogP contribution in [0.2, 0.25) is 0 Å². The van der Waals surface area contributed by atoms with Crippen LogP contribution in [0.15, 0.2) is 17.6 Å². The van der Waals surface area contributed by atoms with E-state index in [4.69, 9.17) is 0 Å². The number of rotatable bonds is 2. The molecule has 0 radical (unpaired) electrons. The maximum Gasteiger partial charge on any atom is 0.263 e. The predicted molar refractivity (Wildman–Crippen MR) is 83.8 cm³/mol. The summed E-state index contributed by atoms with van der Waals surface area (Å²) in [5.41, 5.74) is 1.17. The van der Waals surface area contributed by atoms with Crippen molar-refractivity contribution >= 4 is 28.6 Å². The number of nitrogens with zero attached hydrogens (tertiary/aromatic N) is 2. The van der Waals surface area contributed by atoms with Gasteiger partial charge < -0.3 is 4.90 Å². The Morgan fingerprint density at radius 1 is 1.45 bits per heavy atom. The average Bonchev–Trinajstić information content (AvgIpc) is 3.07. The highest BCUT2D eigenvalue weighted by atomic mass is 32.1. The number of hydrogen-bond donors (Lipinski definition) is 0. The molecule has 20 heavy (non-hydrogen) atoms. The van der Waals surface area contributed by atoms with Gasteiger partial charge in [-0.2, -0.15) is 0 Å². The fraction of sp³-hybridized carbons (Fsp3) is 0.467. The van der Waals surface area contributed by atoms with E-state index in [1.807, 2.05) is 29.5 Å². The largest absolute Gasteiger partial charge is 0.337 e. The topological polar surface area (TPSA) is 33.2 Å². The van der Waals surface area contributed by atoms with Gasteiger partial charge in [-0.05, 0) is 43.7 Å². The summed E-state index contributed by atoms with van der Waals surface area (Å²) in [7, 11) is 0. The van der Waals surface area contributed by atoms with E-state index in [9.17, 15) is 4.79 Å². The molecular weight excluding hydrogens is 288 g/mol. The third-order valence-corrected chi connectivity index (χ3v) is 5.75. The van der Waals surface area contributed by atoms with Crippen LogP contribution in [-0.2, 0) is 0 Å². The Kier molecular flexibility index (Phi) is 3.89. The van der Waals surface area contributed by atoms with Crippen LogP contribution in [0.1, 0.15) is 43.9 Å². The van der Waals surface area contributed by atoms with Gasteiger partial charge in [0.25, 0.3) is 5.91 Å². The number of likely N-dealkylation sites (tertiary alicyclic amines) is 1. The van der Waals surface area contributed by atoms with Gasteiger partial charge in [0.2, 0.25) is 0 Å². The Hall–Kier alpha value is -1.20. The maximum atomic E-state index is 12.5. The second-order valence-corrected chi connectivity index (χ2v) is 7.57. The number of thiazole rings is 1. The molecular formula is C15H18N2OS2. The summed E-state index contributed by atoms with van der Waals surface area (Å²) in [6, 6.07) is 1.99. The van der Waals surface area contributed by atoms with Gasteiger partial charge in [0, 0.05) is 30.1 Å². The van der Waals surface area contributed by atoms with Gasteiger partial charge in [-0.1, -0.05) is 0 Å². The number of carbonyl (C=O) groups is 1. The summed E-state index contributed by atoms with van der Waals surface area (Å²) < 4.78 is 0. The van der Waals surface area contributed by atoms with Gasteiger partial charge in [0.05, 0.1) is 9.88 Å². The van der Waals surface area contributed by atoms with E-state index in [0.29, 0.717) is 5.92 Å². The highest BCUT2D eigenvalue weighted by Crippen LogP contribution is 2.30. The van der Waals surface area contributed by atoms with Crippen LogP contribution >= 0.6 is 22.7 Å². The third-order valence-electron chi connectivity index (χ3n) is 3.64. The van der Waals surface area contributed by atoms with Crippen LogP contribution in [0.3, 0.4) is 0 Å². The van der Waals surface area contributed by atoms with E-state index in [2.05, 4.69) is 11.9 Å². The van der Waals surface area contributed by atoms with Gasteiger partial charge in [0.1, 0.15) is 0 Å². The van der Waals surface area contributed by atoms with Gasteiger partial charge >= 0.3 is 0 Å². The molecule has 0 unspecified atom stereocenters. The van der Waals surface area contributed by atoms with E-state index in [1.165, 1.54) is 15.4 Å². The molecule has 1 aliphatic heterocycles. The van der Waals surface area contributed by atoms with Crippen LogP contribution < -0.4 is 0 Å². The van der Waals surface area contributed by atoms with E-state index < -0.39 is 0 Å². The van der Waals surface area contributed by atoms with Crippen molar-refractivity contribution in [3.63, 3.8) is 0 Å². The first kappa shape index (κ1) is 13.8. The SMILES string of the molecule is Cc1csc(C(=O)N2CCC[C@H](c3ncc(C)s3)C2)c1. The standard InChI is InChI=1S/C15H18N2OS2/c1-10-6-13(19-9-10)15(18)17-5-3-4-12(8-17)14-16-7-11(2)20-14/h6-7,9,12H,3-5,8H2,1-2H3/t12-/m0/s1. The van der Waals surface area contributed by atoms with Gasteiger partial charge in [-0.3, -0.25) is 4.79 Å². The fourth-order valence-corrected chi connectivity index (χ4v) is 4.39. The Morgan fingerprint density at radius 3 is 2.95 bits per heavy atom. The van der Waals surface area contributed by atoms with E-state index in [1.54, 1.807) is 22.7 Å². The van der Waals surface area contributed by atoms with Crippen molar-refractivity contribution in [2.75, 3.05) is 13.1 Å². The van der Waals surface area contributed by atoms with Gasteiger partial charge in [0.15, 0.2) is 0 Å². The van der Waals surface area contributed by atoms with Crippen LogP contribution in [-0.4, -0.2) is 28.9 Å². The molecule has 0 spiro atoms. The Morgan fingerprint density at radius 2 is 2.30 bits per heavy atom. The molecule has 0 aliphatic carbocycles. The molecule has 3 nitrogen and oxygen atoms in total. The zero-order chi connectivity index (χ0) is 14.1. The van der Waals surface area contributed by atoms with Crippen molar-refractivity contribution in [2.24, 2.45) is 0 Å². The molecule has 1 saturated heterocycles. The van der Waals surface area contributed by atoms with Crippen molar-refractivity contribution in [1.82, 2.24) is 9.88 Å². The molecule has 106 valence electrons. The summed E-state index contributed by atoms with van der Waals surface area (Å²) in [6.45, 7) is 5.80. The highest BCUT2D eigenvalue weighted by molar-refractivity contribution is 7.12. The van der Waals surface area contributed by atoms with Crippen LogP contribution in [0.25, 0.3) is 0 Å². The van der Waals surface area contributed by atoms with Crippen LogP contribution in [0.5, 0.6) is 0 Å². The number of piperidine rings is 1. The third kappa shape index (κ3) is 2.79. The average molecular weight is 306 g/mol. The molecule has 0 N–H and O–H groups in total. The molecule has 1 fully saturated rings. The highest BCUT2D eigenvalue weighted by Gasteiger charge is 2.27. The number of thiophene rings is 1. The van der Waals surface area contributed by atoms with Crippen molar-refractivity contribution in [2.45, 2.75) is 32.6 Å². The lowest BCUT2D eigenvalue weighted by atomic mass is 9.98. The summed E-state index contributed by atoms with van der Waals surface area (Å²) in [5.74, 6) is 0.591. The quantitative estimate of drug-likeness (QED) is 0.844. The van der Waals surface area contributed by atoms with Crippen molar-refractivity contribution in [1.29, 1.82) is 0 Å². The molecule has 5 heteroatoms. The molecule has 1 atom stereocenters. The molecule has 3 rings (SSSR count). The number of aryl methyl sites for hydroxylation is 2. The molecule has 0 bridgehead atoms. The summed E-state index contributed by atoms with van der Waals surface area (Å²) in [6.07, 6.45) is 4.14. The molecule has 0 aromatic carbocycles. The Bertz CT molecular complexity index is 617. The van der Waals surface area contributed by atoms with Crippen LogP contribution in [0.4, 0.5) is 0 Å². The minimum absolute atomic E-state index is 0.182. The zero-order valence-electron chi connectivity index (χ0n) is 11.8. The number of aromatic nitrogens is 1. The van der Waals surface area contributed by atoms with Crippen molar-refractivity contribution < 1.29 is 4.79 Å². The summed E-state index contributed by atoms with van der Waals surface area (Å²) >= 11 is 3.31. The second kappa shape index (κ2) is 5.66. The number of carbonyl (C=O) groups excluding carboxylic acids is 1. The first-order valence-corrected chi connectivity index (χ1v) is 8.60. The molecule has 2 aromatic heterocycles. The predicted octanol–water partition coefficient (Wildman–Crippen LogP) is 3.84. The molecule has 3 heterocycles. The fourth-order valence-electron chi connectivity index (χ4n) is 2.62. The Balaban J connectivity index is 1.73. The van der Waals surface area contributed by atoms with E-state index in [-0.39, 0.29) is 5.91 Å². The lowest BCUT2D eigenvalue weighted by molar-refractivity contribution is 0.0712. The monoisotopic (exact) mass is 306 g/mol. The molecule has 1 amide bonds. The summed E-state index contributed by atoms with van der Waals surface area (Å²) in [5, 5.41) is 3.22.